The number of thioether (sulfide) groups is 2. The van der Waals surface area contributed by atoms with Gasteiger partial charge in [0.05, 0.1) is 5.56 Å². The first-order valence-corrected chi connectivity index (χ1v) is 10.3. The predicted octanol–water partition coefficient (Wildman–Crippen LogP) is 4.87. The number of carbonyl (C=O) groups excluding carboxylic acids is 1. The topological polar surface area (TPSA) is 20.3 Å². The normalized spacial score (nSPS) is 18.2. The third kappa shape index (κ3) is 3.78. The Bertz CT molecular complexity index is 722. The van der Waals surface area contributed by atoms with Crippen LogP contribution in [0, 0.1) is 5.82 Å². The van der Waals surface area contributed by atoms with Crippen molar-refractivity contribution < 1.29 is 9.18 Å². The number of amides is 1. The maximum atomic E-state index is 14.0. The van der Waals surface area contributed by atoms with Gasteiger partial charge in [0.2, 0.25) is 0 Å². The van der Waals surface area contributed by atoms with E-state index in [9.17, 15) is 9.18 Å². The van der Waals surface area contributed by atoms with Gasteiger partial charge in [0.15, 0.2) is 0 Å². The van der Waals surface area contributed by atoms with Gasteiger partial charge < -0.3 is 4.90 Å². The van der Waals surface area contributed by atoms with Gasteiger partial charge in [-0.1, -0.05) is 30.3 Å². The summed E-state index contributed by atoms with van der Waals surface area (Å²) in [4.78, 5) is 15.8. The summed E-state index contributed by atoms with van der Waals surface area (Å²) < 4.78 is 14.0. The molecule has 1 fully saturated rings. The minimum atomic E-state index is -0.150. The molecule has 1 amide bonds. The molecule has 0 unspecified atom stereocenters. The van der Waals surface area contributed by atoms with Gasteiger partial charge in [0.25, 0.3) is 5.91 Å². The molecule has 3 rings (SSSR count). The molecular weight excluding hydrogens is 341 g/mol. The van der Waals surface area contributed by atoms with E-state index in [1.54, 1.807) is 29.6 Å². The highest BCUT2D eigenvalue weighted by molar-refractivity contribution is 7.99. The first-order chi connectivity index (χ1) is 11.7. The van der Waals surface area contributed by atoms with E-state index in [0.29, 0.717) is 13.1 Å². The van der Waals surface area contributed by atoms with Crippen molar-refractivity contribution in [2.24, 2.45) is 0 Å². The fourth-order valence-corrected chi connectivity index (χ4v) is 4.79. The minimum absolute atomic E-state index is 0.0785. The first kappa shape index (κ1) is 17.4. The molecule has 0 N–H and O–H groups in total. The monoisotopic (exact) mass is 361 g/mol. The third-order valence-electron chi connectivity index (χ3n) is 4.22. The Morgan fingerprint density at radius 2 is 1.92 bits per heavy atom. The highest BCUT2D eigenvalue weighted by Gasteiger charge is 2.25. The molecule has 24 heavy (non-hydrogen) atoms. The average Bonchev–Trinajstić information content (AvgIpc) is 2.87. The summed E-state index contributed by atoms with van der Waals surface area (Å²) in [6, 6.07) is 14.7. The molecule has 1 saturated heterocycles. The number of nitrogens with zero attached hydrogens (tertiary/aromatic N) is 1. The lowest BCUT2D eigenvalue weighted by Crippen LogP contribution is -2.33. The van der Waals surface area contributed by atoms with Crippen LogP contribution in [0.15, 0.2) is 53.4 Å². The summed E-state index contributed by atoms with van der Waals surface area (Å²) >= 11 is 3.33. The van der Waals surface area contributed by atoms with Crippen LogP contribution in [-0.4, -0.2) is 35.9 Å². The van der Waals surface area contributed by atoms with Crippen molar-refractivity contribution in [1.29, 1.82) is 0 Å². The van der Waals surface area contributed by atoms with E-state index in [2.05, 4.69) is 0 Å². The Hall–Kier alpha value is -1.46. The SMILES string of the molecule is CSc1ccccc1C(=O)N1CCS[C@H](c2ccccc2F)CC1. The van der Waals surface area contributed by atoms with Crippen molar-refractivity contribution in [2.75, 3.05) is 25.1 Å². The quantitative estimate of drug-likeness (QED) is 0.728. The lowest BCUT2D eigenvalue weighted by Gasteiger charge is -2.21. The Balaban J connectivity index is 1.74. The van der Waals surface area contributed by atoms with Crippen molar-refractivity contribution in [1.82, 2.24) is 4.90 Å². The van der Waals surface area contributed by atoms with Crippen molar-refractivity contribution in [3.8, 4) is 0 Å². The lowest BCUT2D eigenvalue weighted by molar-refractivity contribution is 0.0763. The number of rotatable bonds is 3. The van der Waals surface area contributed by atoms with Crippen LogP contribution in [-0.2, 0) is 0 Å². The molecule has 1 aliphatic heterocycles. The number of benzene rings is 2. The number of halogens is 1. The summed E-state index contributed by atoms with van der Waals surface area (Å²) in [7, 11) is 0. The number of hydrogen-bond acceptors (Lipinski definition) is 3. The van der Waals surface area contributed by atoms with E-state index in [-0.39, 0.29) is 17.0 Å². The summed E-state index contributed by atoms with van der Waals surface area (Å²) in [5.74, 6) is 0.754. The summed E-state index contributed by atoms with van der Waals surface area (Å²) in [5.41, 5.74) is 1.51. The zero-order chi connectivity index (χ0) is 16.9. The minimum Gasteiger partial charge on any atom is -0.338 e. The molecule has 2 aromatic carbocycles. The maximum absolute atomic E-state index is 14.0. The number of hydrogen-bond donors (Lipinski definition) is 0. The second kappa shape index (κ2) is 8.08. The van der Waals surface area contributed by atoms with Gasteiger partial charge in [-0.05, 0) is 30.9 Å². The molecule has 0 bridgehead atoms. The van der Waals surface area contributed by atoms with Gasteiger partial charge in [-0.25, -0.2) is 4.39 Å². The molecule has 5 heteroatoms. The zero-order valence-electron chi connectivity index (χ0n) is 13.6. The first-order valence-electron chi connectivity index (χ1n) is 7.99. The van der Waals surface area contributed by atoms with E-state index in [1.807, 2.05) is 47.6 Å². The fourth-order valence-electron chi connectivity index (χ4n) is 2.95. The predicted molar refractivity (Wildman–Crippen MR) is 100 cm³/mol. The second-order valence-electron chi connectivity index (χ2n) is 5.66. The highest BCUT2D eigenvalue weighted by Crippen LogP contribution is 2.36. The fraction of sp³-hybridized carbons (Fsp3) is 0.316. The molecule has 0 radical (unpaired) electrons. The second-order valence-corrected chi connectivity index (χ2v) is 7.82. The Kier molecular flexibility index (Phi) is 5.85. The van der Waals surface area contributed by atoms with Gasteiger partial charge in [-0.15, -0.1) is 11.8 Å². The zero-order valence-corrected chi connectivity index (χ0v) is 15.2. The van der Waals surface area contributed by atoms with Crippen LogP contribution in [0.5, 0.6) is 0 Å². The van der Waals surface area contributed by atoms with Crippen LogP contribution >= 0.6 is 23.5 Å². The van der Waals surface area contributed by atoms with Crippen molar-refractivity contribution >= 4 is 29.4 Å². The molecule has 1 atom stereocenters. The Morgan fingerprint density at radius 1 is 1.17 bits per heavy atom. The van der Waals surface area contributed by atoms with Crippen molar-refractivity contribution in [3.63, 3.8) is 0 Å². The molecule has 0 saturated carbocycles. The smallest absolute Gasteiger partial charge is 0.255 e. The molecule has 0 aliphatic carbocycles. The van der Waals surface area contributed by atoms with E-state index in [4.69, 9.17) is 0 Å². The van der Waals surface area contributed by atoms with Gasteiger partial charge in [-0.2, -0.15) is 11.8 Å². The third-order valence-corrected chi connectivity index (χ3v) is 6.32. The van der Waals surface area contributed by atoms with E-state index in [1.165, 1.54) is 6.07 Å². The number of carbonyl (C=O) groups is 1. The van der Waals surface area contributed by atoms with Crippen LogP contribution in [0.4, 0.5) is 4.39 Å². The molecule has 0 aromatic heterocycles. The molecule has 126 valence electrons. The standard InChI is InChI=1S/C19H20FNOS2/c1-23-17-9-5-3-7-15(17)19(22)21-11-10-18(24-13-12-21)14-6-2-4-8-16(14)20/h2-9,18H,10-13H2,1H3/t18-/m0/s1. The van der Waals surface area contributed by atoms with Crippen LogP contribution in [0.3, 0.4) is 0 Å². The maximum Gasteiger partial charge on any atom is 0.255 e. The molecule has 1 aliphatic rings. The van der Waals surface area contributed by atoms with Crippen molar-refractivity contribution in [3.05, 3.63) is 65.5 Å². The highest BCUT2D eigenvalue weighted by atomic mass is 32.2. The molecular formula is C19H20FNOS2. The van der Waals surface area contributed by atoms with Gasteiger partial charge in [0.1, 0.15) is 5.82 Å². The van der Waals surface area contributed by atoms with E-state index in [0.717, 1.165) is 28.2 Å². The summed E-state index contributed by atoms with van der Waals surface area (Å²) in [6.07, 6.45) is 2.76. The summed E-state index contributed by atoms with van der Waals surface area (Å²) in [5, 5.41) is 0.111. The molecule has 2 aromatic rings. The van der Waals surface area contributed by atoms with Crippen molar-refractivity contribution in [2.45, 2.75) is 16.6 Å². The van der Waals surface area contributed by atoms with Gasteiger partial charge >= 0.3 is 0 Å². The Labute approximate surface area is 150 Å². The van der Waals surface area contributed by atoms with Crippen LogP contribution < -0.4 is 0 Å². The average molecular weight is 362 g/mol. The molecule has 1 heterocycles. The van der Waals surface area contributed by atoms with Gasteiger partial charge in [-0.3, -0.25) is 4.79 Å². The van der Waals surface area contributed by atoms with Crippen LogP contribution in [0.25, 0.3) is 0 Å². The molecule has 0 spiro atoms. The van der Waals surface area contributed by atoms with Gasteiger partial charge in [0, 0.05) is 34.6 Å². The largest absolute Gasteiger partial charge is 0.338 e. The van der Waals surface area contributed by atoms with E-state index < -0.39 is 0 Å². The summed E-state index contributed by atoms with van der Waals surface area (Å²) in [6.45, 7) is 1.37. The lowest BCUT2D eigenvalue weighted by atomic mass is 10.1. The van der Waals surface area contributed by atoms with E-state index >= 15 is 0 Å². The van der Waals surface area contributed by atoms with Crippen LogP contribution in [0.2, 0.25) is 0 Å². The molecule has 2 nitrogen and oxygen atoms in total. The van der Waals surface area contributed by atoms with Crippen LogP contribution in [0.1, 0.15) is 27.6 Å². The Morgan fingerprint density at radius 3 is 2.71 bits per heavy atom.